The monoisotopic (exact) mass is 410 g/mol. The van der Waals surface area contributed by atoms with Crippen molar-refractivity contribution >= 4 is 23.3 Å². The molecule has 0 aliphatic heterocycles. The fourth-order valence-corrected chi connectivity index (χ4v) is 2.88. The lowest BCUT2D eigenvalue weighted by Gasteiger charge is -2.21. The molecule has 2 rings (SSSR count). The van der Waals surface area contributed by atoms with Crippen LogP contribution < -0.4 is 9.64 Å². The first-order valence-electron chi connectivity index (χ1n) is 10.1. The number of hydrogen-bond donors (Lipinski definition) is 1. The van der Waals surface area contributed by atoms with E-state index in [1.54, 1.807) is 49.9 Å². The Bertz CT molecular complexity index is 868. The average Bonchev–Trinajstić information content (AvgIpc) is 2.72. The highest BCUT2D eigenvalue weighted by Gasteiger charge is 2.23. The zero-order valence-corrected chi connectivity index (χ0v) is 18.1. The van der Waals surface area contributed by atoms with Crippen molar-refractivity contribution in [3.63, 3.8) is 0 Å². The molecule has 1 N–H and O–H groups in total. The summed E-state index contributed by atoms with van der Waals surface area (Å²) in [4.78, 5) is 26.3. The number of amides is 1. The summed E-state index contributed by atoms with van der Waals surface area (Å²) in [5, 5.41) is 12.8. The van der Waals surface area contributed by atoms with E-state index in [0.29, 0.717) is 37.3 Å². The third-order valence-corrected chi connectivity index (χ3v) is 4.62. The molecule has 0 aliphatic carbocycles. The van der Waals surface area contributed by atoms with E-state index >= 15 is 0 Å². The molecule has 1 amide bonds. The number of carbonyl (C=O) groups is 2. The van der Waals surface area contributed by atoms with Crippen LogP contribution in [0.3, 0.4) is 0 Å². The van der Waals surface area contributed by atoms with E-state index in [1.165, 1.54) is 0 Å². The summed E-state index contributed by atoms with van der Waals surface area (Å²) in [5.41, 5.74) is 1.49. The number of carbonyl (C=O) groups excluding carboxylic acids is 2. The Morgan fingerprint density at radius 3 is 2.17 bits per heavy atom. The van der Waals surface area contributed by atoms with Crippen LogP contribution in [0, 0.1) is 5.41 Å². The highest BCUT2D eigenvalue weighted by molar-refractivity contribution is 6.00. The molecule has 0 radical (unpaired) electrons. The Hall–Kier alpha value is -3.15. The first kappa shape index (κ1) is 23.1. The molecular formula is C24H30N2O4. The Kier molecular flexibility index (Phi) is 8.16. The van der Waals surface area contributed by atoms with E-state index in [1.807, 2.05) is 37.3 Å². The third-order valence-electron chi connectivity index (χ3n) is 4.62. The minimum Gasteiger partial charge on any atom is -0.426 e. The van der Waals surface area contributed by atoms with Crippen molar-refractivity contribution in [1.82, 2.24) is 0 Å². The summed E-state index contributed by atoms with van der Waals surface area (Å²) in [7, 11) is 0. The maximum Gasteiger partial charge on any atom is 0.316 e. The van der Waals surface area contributed by atoms with Gasteiger partial charge >= 0.3 is 5.97 Å². The molecule has 2 aromatic rings. The molecule has 160 valence electrons. The summed E-state index contributed by atoms with van der Waals surface area (Å²) >= 11 is 0. The van der Waals surface area contributed by atoms with Gasteiger partial charge in [-0.1, -0.05) is 23.4 Å². The summed E-state index contributed by atoms with van der Waals surface area (Å²) < 4.78 is 5.35. The second kappa shape index (κ2) is 10.6. The van der Waals surface area contributed by atoms with Crippen LogP contribution in [0.5, 0.6) is 5.75 Å². The number of rotatable bonds is 8. The molecule has 2 aromatic carbocycles. The van der Waals surface area contributed by atoms with Gasteiger partial charge in [-0.15, -0.1) is 0 Å². The van der Waals surface area contributed by atoms with Crippen LogP contribution in [0.25, 0.3) is 0 Å². The smallest absolute Gasteiger partial charge is 0.316 e. The molecule has 0 spiro atoms. The maximum atomic E-state index is 12.6. The predicted octanol–water partition coefficient (Wildman–Crippen LogP) is 5.04. The Morgan fingerprint density at radius 1 is 1.00 bits per heavy atom. The molecule has 30 heavy (non-hydrogen) atoms. The van der Waals surface area contributed by atoms with Crippen molar-refractivity contribution in [2.24, 2.45) is 10.6 Å². The van der Waals surface area contributed by atoms with Crippen molar-refractivity contribution in [1.29, 1.82) is 0 Å². The quantitative estimate of drug-likeness (QED) is 0.217. The lowest BCUT2D eigenvalue weighted by molar-refractivity contribution is -0.143. The normalized spacial score (nSPS) is 11.8. The number of oxime groups is 1. The molecule has 0 bridgehead atoms. The molecule has 0 unspecified atom stereocenters. The van der Waals surface area contributed by atoms with Crippen LogP contribution in [0.1, 0.15) is 52.5 Å². The standard InChI is InChI=1S/C24H30N2O4/c1-5-26(19-10-7-6-8-11-19)22(27)13-9-12-21(25-29)18-14-16-20(17-15-18)30-23(28)24(2,3)4/h6-8,10-11,14-17,29H,5,9,12-13H2,1-4H3. The van der Waals surface area contributed by atoms with Crippen LogP contribution in [-0.2, 0) is 9.59 Å². The first-order valence-corrected chi connectivity index (χ1v) is 10.1. The van der Waals surface area contributed by atoms with Crippen LogP contribution in [-0.4, -0.2) is 29.3 Å². The van der Waals surface area contributed by atoms with Gasteiger partial charge in [-0.3, -0.25) is 9.59 Å². The van der Waals surface area contributed by atoms with E-state index in [4.69, 9.17) is 4.74 Å². The molecule has 0 aliphatic rings. The lowest BCUT2D eigenvalue weighted by atomic mass is 9.97. The van der Waals surface area contributed by atoms with Gasteiger partial charge in [0, 0.05) is 18.7 Å². The Labute approximate surface area is 178 Å². The number of nitrogens with zero attached hydrogens (tertiary/aromatic N) is 2. The number of esters is 1. The largest absolute Gasteiger partial charge is 0.426 e. The van der Waals surface area contributed by atoms with Crippen LogP contribution >= 0.6 is 0 Å². The van der Waals surface area contributed by atoms with Gasteiger partial charge in [0.05, 0.1) is 11.1 Å². The minimum atomic E-state index is -0.588. The average molecular weight is 411 g/mol. The van der Waals surface area contributed by atoms with E-state index in [0.717, 1.165) is 11.3 Å². The van der Waals surface area contributed by atoms with Gasteiger partial charge < -0.3 is 14.8 Å². The van der Waals surface area contributed by atoms with Crippen LogP contribution in [0.4, 0.5) is 5.69 Å². The summed E-state index contributed by atoms with van der Waals surface area (Å²) in [6.07, 6.45) is 1.36. The molecule has 0 saturated carbocycles. The Morgan fingerprint density at radius 2 is 1.63 bits per heavy atom. The molecule has 0 atom stereocenters. The second-order valence-electron chi connectivity index (χ2n) is 8.04. The predicted molar refractivity (Wildman–Crippen MR) is 118 cm³/mol. The molecule has 0 heterocycles. The summed E-state index contributed by atoms with van der Waals surface area (Å²) in [6, 6.07) is 16.4. The fraction of sp³-hybridized carbons (Fsp3) is 0.375. The number of para-hydroxylation sites is 1. The van der Waals surface area contributed by atoms with Crippen molar-refractivity contribution in [3.05, 3.63) is 60.2 Å². The zero-order valence-electron chi connectivity index (χ0n) is 18.1. The maximum absolute atomic E-state index is 12.6. The summed E-state index contributed by atoms with van der Waals surface area (Å²) in [6.45, 7) is 7.91. The number of benzene rings is 2. The van der Waals surface area contributed by atoms with Crippen molar-refractivity contribution < 1.29 is 19.5 Å². The zero-order chi connectivity index (χ0) is 22.1. The van der Waals surface area contributed by atoms with Gasteiger partial charge in [0.2, 0.25) is 5.91 Å². The molecule has 6 nitrogen and oxygen atoms in total. The highest BCUT2D eigenvalue weighted by atomic mass is 16.5. The Balaban J connectivity index is 1.93. The number of anilines is 1. The van der Waals surface area contributed by atoms with Gasteiger partial charge in [0.1, 0.15) is 5.75 Å². The van der Waals surface area contributed by atoms with Crippen LogP contribution in [0.2, 0.25) is 0 Å². The lowest BCUT2D eigenvalue weighted by Crippen LogP contribution is -2.30. The van der Waals surface area contributed by atoms with E-state index < -0.39 is 5.41 Å². The van der Waals surface area contributed by atoms with Crippen LogP contribution in [0.15, 0.2) is 59.8 Å². The fourth-order valence-electron chi connectivity index (χ4n) is 2.88. The van der Waals surface area contributed by atoms with E-state index in [9.17, 15) is 14.8 Å². The van der Waals surface area contributed by atoms with Gasteiger partial charge in [-0.25, -0.2) is 0 Å². The van der Waals surface area contributed by atoms with Gasteiger partial charge in [0.25, 0.3) is 0 Å². The SMILES string of the molecule is CCN(C(=O)CCCC(=NO)c1ccc(OC(=O)C(C)(C)C)cc1)c1ccccc1. The molecule has 0 aromatic heterocycles. The highest BCUT2D eigenvalue weighted by Crippen LogP contribution is 2.21. The van der Waals surface area contributed by atoms with Crippen molar-refractivity contribution in [2.45, 2.75) is 47.0 Å². The summed E-state index contributed by atoms with van der Waals surface area (Å²) in [5.74, 6) is 0.154. The van der Waals surface area contributed by atoms with E-state index in [2.05, 4.69) is 5.16 Å². The molecular weight excluding hydrogens is 380 g/mol. The van der Waals surface area contributed by atoms with Gasteiger partial charge in [-0.2, -0.15) is 0 Å². The van der Waals surface area contributed by atoms with E-state index in [-0.39, 0.29) is 11.9 Å². The number of ether oxygens (including phenoxy) is 1. The second-order valence-corrected chi connectivity index (χ2v) is 8.04. The topological polar surface area (TPSA) is 79.2 Å². The molecule has 0 saturated heterocycles. The van der Waals surface area contributed by atoms with Gasteiger partial charge in [0.15, 0.2) is 0 Å². The van der Waals surface area contributed by atoms with Crippen molar-refractivity contribution in [2.75, 3.05) is 11.4 Å². The first-order chi connectivity index (χ1) is 14.3. The molecule has 6 heteroatoms. The molecule has 0 fully saturated rings. The van der Waals surface area contributed by atoms with Gasteiger partial charge in [-0.05, 0) is 82.5 Å². The van der Waals surface area contributed by atoms with Crippen molar-refractivity contribution in [3.8, 4) is 5.75 Å². The number of hydrogen-bond acceptors (Lipinski definition) is 5. The minimum absolute atomic E-state index is 0.0328. The third kappa shape index (κ3) is 6.44.